The number of hydrogen-bond acceptors (Lipinski definition) is 4. The molecule has 0 aliphatic rings. The number of nitrogens with zero attached hydrogens (tertiary/aromatic N) is 1. The van der Waals surface area contributed by atoms with Crippen LogP contribution in [0.2, 0.25) is 5.02 Å². The largest absolute Gasteiger partial charge is 0.397 e. The standard InChI is InChI=1S/C13H10ClFN4/c14-11-9(17)5-10(18)13(12(11)15)19-8-3-1-7(6-16)2-4-8/h1-5,19H,17-18H2. The van der Waals surface area contributed by atoms with Crippen molar-refractivity contribution in [1.82, 2.24) is 0 Å². The second-order valence-electron chi connectivity index (χ2n) is 3.87. The van der Waals surface area contributed by atoms with Gasteiger partial charge in [0.2, 0.25) is 0 Å². The fraction of sp³-hybridized carbons (Fsp3) is 0. The molecule has 0 heterocycles. The van der Waals surface area contributed by atoms with E-state index in [1.807, 2.05) is 6.07 Å². The van der Waals surface area contributed by atoms with E-state index in [-0.39, 0.29) is 22.1 Å². The molecule has 96 valence electrons. The summed E-state index contributed by atoms with van der Waals surface area (Å²) in [5.41, 5.74) is 12.6. The first-order chi connectivity index (χ1) is 9.02. The molecule has 0 saturated carbocycles. The summed E-state index contributed by atoms with van der Waals surface area (Å²) >= 11 is 5.73. The maximum Gasteiger partial charge on any atom is 0.169 e. The lowest BCUT2D eigenvalue weighted by Crippen LogP contribution is -2.02. The summed E-state index contributed by atoms with van der Waals surface area (Å²) in [6.45, 7) is 0. The normalized spacial score (nSPS) is 9.95. The molecule has 0 amide bonds. The third kappa shape index (κ3) is 2.54. The van der Waals surface area contributed by atoms with Crippen LogP contribution < -0.4 is 16.8 Å². The van der Waals surface area contributed by atoms with Gasteiger partial charge in [-0.15, -0.1) is 0 Å². The van der Waals surface area contributed by atoms with Crippen LogP contribution in [-0.2, 0) is 0 Å². The number of rotatable bonds is 2. The summed E-state index contributed by atoms with van der Waals surface area (Å²) in [6, 6.07) is 9.87. The molecule has 0 radical (unpaired) electrons. The van der Waals surface area contributed by atoms with Crippen molar-refractivity contribution in [3.05, 3.63) is 46.7 Å². The van der Waals surface area contributed by atoms with Crippen molar-refractivity contribution in [2.24, 2.45) is 0 Å². The summed E-state index contributed by atoms with van der Waals surface area (Å²) in [7, 11) is 0. The highest BCUT2D eigenvalue weighted by Gasteiger charge is 2.14. The Bertz CT molecular complexity index is 662. The quantitative estimate of drug-likeness (QED) is 0.735. The maximum atomic E-state index is 13.9. The zero-order chi connectivity index (χ0) is 14.0. The molecule has 2 rings (SSSR count). The molecule has 19 heavy (non-hydrogen) atoms. The van der Waals surface area contributed by atoms with Crippen molar-refractivity contribution in [2.45, 2.75) is 0 Å². The van der Waals surface area contributed by atoms with Gasteiger partial charge in [-0.05, 0) is 30.3 Å². The van der Waals surface area contributed by atoms with Gasteiger partial charge in [-0.2, -0.15) is 5.26 Å². The number of halogens is 2. The molecule has 4 nitrogen and oxygen atoms in total. The predicted molar refractivity (Wildman–Crippen MR) is 74.7 cm³/mol. The van der Waals surface area contributed by atoms with Crippen molar-refractivity contribution < 1.29 is 4.39 Å². The van der Waals surface area contributed by atoms with Gasteiger partial charge in [-0.1, -0.05) is 11.6 Å². The van der Waals surface area contributed by atoms with E-state index in [1.54, 1.807) is 24.3 Å². The molecule has 0 atom stereocenters. The number of nitriles is 1. The zero-order valence-electron chi connectivity index (χ0n) is 9.74. The lowest BCUT2D eigenvalue weighted by Gasteiger charge is -2.13. The Hall–Kier alpha value is -2.45. The van der Waals surface area contributed by atoms with Crippen molar-refractivity contribution in [2.75, 3.05) is 16.8 Å². The summed E-state index contributed by atoms with van der Waals surface area (Å²) in [5.74, 6) is -0.705. The molecule has 0 aliphatic heterocycles. The number of benzene rings is 2. The van der Waals surface area contributed by atoms with Gasteiger partial charge in [0.1, 0.15) is 5.02 Å². The predicted octanol–water partition coefficient (Wildman–Crippen LogP) is 3.26. The van der Waals surface area contributed by atoms with Crippen LogP contribution in [0.3, 0.4) is 0 Å². The minimum Gasteiger partial charge on any atom is -0.397 e. The maximum absolute atomic E-state index is 13.9. The molecule has 5 N–H and O–H groups in total. The molecule has 2 aromatic rings. The van der Waals surface area contributed by atoms with Crippen LogP contribution in [0.25, 0.3) is 0 Å². The van der Waals surface area contributed by atoms with Crippen LogP contribution >= 0.6 is 11.6 Å². The molecular formula is C13H10ClFN4. The van der Waals surface area contributed by atoms with Crippen LogP contribution in [-0.4, -0.2) is 0 Å². The summed E-state index contributed by atoms with van der Waals surface area (Å²) in [4.78, 5) is 0. The molecule has 6 heteroatoms. The van der Waals surface area contributed by atoms with Gasteiger partial charge in [0, 0.05) is 5.69 Å². The topological polar surface area (TPSA) is 87.9 Å². The Morgan fingerprint density at radius 1 is 1.16 bits per heavy atom. The van der Waals surface area contributed by atoms with Gasteiger partial charge in [0.05, 0.1) is 28.7 Å². The molecule has 0 spiro atoms. The highest BCUT2D eigenvalue weighted by molar-refractivity contribution is 6.33. The van der Waals surface area contributed by atoms with E-state index >= 15 is 0 Å². The van der Waals surface area contributed by atoms with Gasteiger partial charge >= 0.3 is 0 Å². The smallest absolute Gasteiger partial charge is 0.169 e. The summed E-state index contributed by atoms with van der Waals surface area (Å²) < 4.78 is 13.9. The van der Waals surface area contributed by atoms with E-state index in [1.165, 1.54) is 6.07 Å². The molecule has 0 fully saturated rings. The average molecular weight is 277 g/mol. The Morgan fingerprint density at radius 3 is 2.37 bits per heavy atom. The molecule has 0 aliphatic carbocycles. The summed E-state index contributed by atoms with van der Waals surface area (Å²) in [5, 5.41) is 11.3. The number of nitrogen functional groups attached to an aromatic ring is 2. The average Bonchev–Trinajstić information content (AvgIpc) is 2.42. The number of anilines is 4. The van der Waals surface area contributed by atoms with Crippen molar-refractivity contribution in [3.63, 3.8) is 0 Å². The van der Waals surface area contributed by atoms with Gasteiger partial charge in [0.25, 0.3) is 0 Å². The first-order valence-electron chi connectivity index (χ1n) is 5.33. The molecule has 0 unspecified atom stereocenters. The van der Waals surface area contributed by atoms with E-state index in [4.69, 9.17) is 28.3 Å². The van der Waals surface area contributed by atoms with Crippen LogP contribution in [0, 0.1) is 17.1 Å². The van der Waals surface area contributed by atoms with Crippen LogP contribution in [0.5, 0.6) is 0 Å². The van der Waals surface area contributed by atoms with E-state index in [9.17, 15) is 4.39 Å². The van der Waals surface area contributed by atoms with E-state index < -0.39 is 5.82 Å². The Balaban J connectivity index is 2.38. The fourth-order valence-corrected chi connectivity index (χ4v) is 1.71. The van der Waals surface area contributed by atoms with E-state index in [2.05, 4.69) is 5.32 Å². The Kier molecular flexibility index (Phi) is 3.45. The number of nitrogens with two attached hydrogens (primary N) is 2. The van der Waals surface area contributed by atoms with Crippen molar-refractivity contribution >= 4 is 34.4 Å². The SMILES string of the molecule is N#Cc1ccc(Nc2c(N)cc(N)c(Cl)c2F)cc1. The van der Waals surface area contributed by atoms with Crippen molar-refractivity contribution in [1.29, 1.82) is 5.26 Å². The third-order valence-electron chi connectivity index (χ3n) is 2.55. The molecule has 0 saturated heterocycles. The van der Waals surface area contributed by atoms with E-state index in [0.717, 1.165) is 0 Å². The minimum absolute atomic E-state index is 0.0592. The lowest BCUT2D eigenvalue weighted by atomic mass is 10.2. The minimum atomic E-state index is -0.705. The fourth-order valence-electron chi connectivity index (χ4n) is 1.57. The summed E-state index contributed by atoms with van der Waals surface area (Å²) in [6.07, 6.45) is 0. The van der Waals surface area contributed by atoms with Gasteiger partial charge in [-0.3, -0.25) is 0 Å². The second kappa shape index (κ2) is 5.04. The highest BCUT2D eigenvalue weighted by atomic mass is 35.5. The Morgan fingerprint density at radius 2 is 1.79 bits per heavy atom. The van der Waals surface area contributed by atoms with Crippen LogP contribution in [0.4, 0.5) is 27.1 Å². The van der Waals surface area contributed by atoms with Crippen molar-refractivity contribution in [3.8, 4) is 6.07 Å². The first-order valence-corrected chi connectivity index (χ1v) is 5.71. The number of nitrogens with one attached hydrogen (secondary N) is 1. The zero-order valence-corrected chi connectivity index (χ0v) is 10.5. The van der Waals surface area contributed by atoms with Gasteiger partial charge in [-0.25, -0.2) is 4.39 Å². The molecule has 2 aromatic carbocycles. The molecule has 0 bridgehead atoms. The molecule has 0 aromatic heterocycles. The second-order valence-corrected chi connectivity index (χ2v) is 4.25. The van der Waals surface area contributed by atoms with Crippen LogP contribution in [0.15, 0.2) is 30.3 Å². The van der Waals surface area contributed by atoms with Gasteiger partial charge < -0.3 is 16.8 Å². The van der Waals surface area contributed by atoms with E-state index in [0.29, 0.717) is 11.3 Å². The Labute approximate surface area is 114 Å². The highest BCUT2D eigenvalue weighted by Crippen LogP contribution is 2.35. The lowest BCUT2D eigenvalue weighted by molar-refractivity contribution is 0.633. The third-order valence-corrected chi connectivity index (χ3v) is 2.93. The molecular weight excluding hydrogens is 267 g/mol. The number of hydrogen-bond donors (Lipinski definition) is 3. The van der Waals surface area contributed by atoms with Gasteiger partial charge in [0.15, 0.2) is 5.82 Å². The monoisotopic (exact) mass is 276 g/mol. The first kappa shape index (κ1) is 13.0. The van der Waals surface area contributed by atoms with Crippen LogP contribution in [0.1, 0.15) is 5.56 Å².